The van der Waals surface area contributed by atoms with Gasteiger partial charge in [-0.1, -0.05) is 13.3 Å². The molecule has 1 saturated carbocycles. The fourth-order valence-electron chi connectivity index (χ4n) is 2.29. The van der Waals surface area contributed by atoms with Crippen LogP contribution < -0.4 is 5.73 Å². The molecule has 0 saturated heterocycles. The second kappa shape index (κ2) is 3.65. The highest BCUT2D eigenvalue weighted by atomic mass is 15.0. The van der Waals surface area contributed by atoms with Gasteiger partial charge in [0.05, 0.1) is 5.54 Å². The van der Waals surface area contributed by atoms with E-state index in [1.165, 1.54) is 12.8 Å². The van der Waals surface area contributed by atoms with Crippen LogP contribution >= 0.6 is 0 Å². The van der Waals surface area contributed by atoms with E-state index in [0.717, 1.165) is 24.6 Å². The molecular weight excluding hydrogens is 174 g/mol. The van der Waals surface area contributed by atoms with Crippen LogP contribution in [0.5, 0.6) is 0 Å². The summed E-state index contributed by atoms with van der Waals surface area (Å²) in [6.45, 7) is 2.22. The molecule has 14 heavy (non-hydrogen) atoms. The van der Waals surface area contributed by atoms with Crippen LogP contribution in [0.15, 0.2) is 18.5 Å². The Kier molecular flexibility index (Phi) is 2.50. The van der Waals surface area contributed by atoms with Crippen LogP contribution in [0.25, 0.3) is 0 Å². The molecular formula is C11H17N3. The molecule has 1 aromatic rings. The van der Waals surface area contributed by atoms with Crippen molar-refractivity contribution in [3.8, 4) is 0 Å². The van der Waals surface area contributed by atoms with Gasteiger partial charge in [0.25, 0.3) is 0 Å². The molecule has 1 aliphatic rings. The molecule has 2 unspecified atom stereocenters. The van der Waals surface area contributed by atoms with E-state index in [1.54, 1.807) is 12.4 Å². The predicted molar refractivity (Wildman–Crippen MR) is 55.5 cm³/mol. The lowest BCUT2D eigenvalue weighted by Gasteiger charge is -2.21. The summed E-state index contributed by atoms with van der Waals surface area (Å²) in [6.07, 6.45) is 8.03. The van der Waals surface area contributed by atoms with E-state index in [2.05, 4.69) is 16.9 Å². The van der Waals surface area contributed by atoms with E-state index in [4.69, 9.17) is 5.73 Å². The maximum absolute atomic E-state index is 6.32. The third kappa shape index (κ3) is 1.64. The lowest BCUT2D eigenvalue weighted by Crippen LogP contribution is -2.35. The van der Waals surface area contributed by atoms with Gasteiger partial charge >= 0.3 is 0 Å². The van der Waals surface area contributed by atoms with Crippen molar-refractivity contribution in [2.75, 3.05) is 0 Å². The van der Waals surface area contributed by atoms with Crippen molar-refractivity contribution in [2.24, 2.45) is 11.7 Å². The lowest BCUT2D eigenvalue weighted by atomic mass is 9.95. The van der Waals surface area contributed by atoms with Crippen molar-refractivity contribution < 1.29 is 0 Å². The standard InChI is InChI=1S/C11H17N3/c1-2-9-4-5-11(12,8-9)10-13-6-3-7-14-10/h3,6-7,9H,2,4-5,8,12H2,1H3. The zero-order chi connectivity index (χ0) is 10.0. The molecule has 0 bridgehead atoms. The first kappa shape index (κ1) is 9.59. The summed E-state index contributed by atoms with van der Waals surface area (Å²) in [7, 11) is 0. The van der Waals surface area contributed by atoms with Crippen LogP contribution in [0.4, 0.5) is 0 Å². The highest BCUT2D eigenvalue weighted by molar-refractivity contribution is 5.08. The Bertz CT molecular complexity index is 299. The van der Waals surface area contributed by atoms with Gasteiger partial charge in [-0.25, -0.2) is 9.97 Å². The minimum absolute atomic E-state index is 0.262. The van der Waals surface area contributed by atoms with Gasteiger partial charge in [0.1, 0.15) is 5.82 Å². The number of rotatable bonds is 2. The zero-order valence-corrected chi connectivity index (χ0v) is 8.61. The average molecular weight is 191 g/mol. The van der Waals surface area contributed by atoms with E-state index < -0.39 is 0 Å². The van der Waals surface area contributed by atoms with Gasteiger partial charge in [-0.15, -0.1) is 0 Å². The van der Waals surface area contributed by atoms with Crippen LogP contribution in [0.1, 0.15) is 38.4 Å². The summed E-state index contributed by atoms with van der Waals surface area (Å²) in [5.41, 5.74) is 6.06. The molecule has 76 valence electrons. The number of hydrogen-bond acceptors (Lipinski definition) is 3. The molecule has 0 aromatic carbocycles. The van der Waals surface area contributed by atoms with Crippen LogP contribution in [0.3, 0.4) is 0 Å². The minimum Gasteiger partial charge on any atom is -0.319 e. The maximum atomic E-state index is 6.32. The van der Waals surface area contributed by atoms with Crippen molar-refractivity contribution in [2.45, 2.75) is 38.1 Å². The van der Waals surface area contributed by atoms with Crippen molar-refractivity contribution in [3.05, 3.63) is 24.3 Å². The van der Waals surface area contributed by atoms with Crippen molar-refractivity contribution in [1.29, 1.82) is 0 Å². The van der Waals surface area contributed by atoms with Gasteiger partial charge in [0, 0.05) is 12.4 Å². The largest absolute Gasteiger partial charge is 0.319 e. The molecule has 0 amide bonds. The fraction of sp³-hybridized carbons (Fsp3) is 0.636. The minimum atomic E-state index is -0.262. The molecule has 1 aromatic heterocycles. The summed E-state index contributed by atoms with van der Waals surface area (Å²) in [6, 6.07) is 1.83. The molecule has 3 heteroatoms. The number of aromatic nitrogens is 2. The van der Waals surface area contributed by atoms with Crippen LogP contribution in [0, 0.1) is 5.92 Å². The highest BCUT2D eigenvalue weighted by Crippen LogP contribution is 2.39. The van der Waals surface area contributed by atoms with Crippen LogP contribution in [0.2, 0.25) is 0 Å². The molecule has 1 heterocycles. The summed E-state index contributed by atoms with van der Waals surface area (Å²) in [5.74, 6) is 1.57. The molecule has 1 fully saturated rings. The SMILES string of the molecule is CCC1CCC(N)(c2ncccn2)C1. The first-order chi connectivity index (χ1) is 6.74. The molecule has 1 aliphatic carbocycles. The quantitative estimate of drug-likeness (QED) is 0.776. The Hall–Kier alpha value is -0.960. The van der Waals surface area contributed by atoms with Crippen molar-refractivity contribution in [3.63, 3.8) is 0 Å². The molecule has 2 rings (SSSR count). The second-order valence-corrected chi connectivity index (χ2v) is 4.25. The Labute approximate surface area is 84.8 Å². The zero-order valence-electron chi connectivity index (χ0n) is 8.61. The first-order valence-corrected chi connectivity index (χ1v) is 5.31. The van der Waals surface area contributed by atoms with Gasteiger partial charge in [-0.05, 0) is 31.2 Å². The van der Waals surface area contributed by atoms with E-state index in [1.807, 2.05) is 6.07 Å². The summed E-state index contributed by atoms with van der Waals surface area (Å²) >= 11 is 0. The summed E-state index contributed by atoms with van der Waals surface area (Å²) in [4.78, 5) is 8.53. The van der Waals surface area contributed by atoms with Crippen molar-refractivity contribution >= 4 is 0 Å². The Morgan fingerprint density at radius 3 is 2.79 bits per heavy atom. The van der Waals surface area contributed by atoms with Crippen molar-refractivity contribution in [1.82, 2.24) is 9.97 Å². The van der Waals surface area contributed by atoms with Gasteiger partial charge in [0.2, 0.25) is 0 Å². The summed E-state index contributed by atoms with van der Waals surface area (Å²) < 4.78 is 0. The molecule has 0 aliphatic heterocycles. The third-order valence-corrected chi connectivity index (χ3v) is 3.24. The Balaban J connectivity index is 2.19. The van der Waals surface area contributed by atoms with E-state index in [0.29, 0.717) is 0 Å². The monoisotopic (exact) mass is 191 g/mol. The lowest BCUT2D eigenvalue weighted by molar-refractivity contribution is 0.401. The molecule has 0 spiro atoms. The van der Waals surface area contributed by atoms with Gasteiger partial charge in [-0.2, -0.15) is 0 Å². The van der Waals surface area contributed by atoms with E-state index >= 15 is 0 Å². The van der Waals surface area contributed by atoms with Gasteiger partial charge in [-0.3, -0.25) is 0 Å². The number of nitrogens with two attached hydrogens (primary N) is 1. The average Bonchev–Trinajstić information content (AvgIpc) is 2.63. The fourth-order valence-corrected chi connectivity index (χ4v) is 2.29. The topological polar surface area (TPSA) is 51.8 Å². The van der Waals surface area contributed by atoms with Gasteiger partial charge < -0.3 is 5.73 Å². The normalized spacial score (nSPS) is 32.0. The van der Waals surface area contributed by atoms with E-state index in [9.17, 15) is 0 Å². The molecule has 2 atom stereocenters. The summed E-state index contributed by atoms with van der Waals surface area (Å²) in [5, 5.41) is 0. The predicted octanol–water partition coefficient (Wildman–Crippen LogP) is 1.84. The molecule has 3 nitrogen and oxygen atoms in total. The molecule has 0 radical (unpaired) electrons. The highest BCUT2D eigenvalue weighted by Gasteiger charge is 2.38. The van der Waals surface area contributed by atoms with Gasteiger partial charge in [0.15, 0.2) is 0 Å². The third-order valence-electron chi connectivity index (χ3n) is 3.24. The second-order valence-electron chi connectivity index (χ2n) is 4.25. The van der Waals surface area contributed by atoms with E-state index in [-0.39, 0.29) is 5.54 Å². The Morgan fingerprint density at radius 2 is 2.21 bits per heavy atom. The Morgan fingerprint density at radius 1 is 1.50 bits per heavy atom. The van der Waals surface area contributed by atoms with Crippen LogP contribution in [-0.4, -0.2) is 9.97 Å². The first-order valence-electron chi connectivity index (χ1n) is 5.31. The maximum Gasteiger partial charge on any atom is 0.147 e. The molecule has 2 N–H and O–H groups in total. The number of hydrogen-bond donors (Lipinski definition) is 1. The number of nitrogens with zero attached hydrogens (tertiary/aromatic N) is 2. The smallest absolute Gasteiger partial charge is 0.147 e. The van der Waals surface area contributed by atoms with Crippen LogP contribution in [-0.2, 0) is 5.54 Å².